The molecule has 0 unspecified atom stereocenters. The van der Waals surface area contributed by atoms with Gasteiger partial charge in [0.2, 0.25) is 0 Å². The third-order valence-corrected chi connectivity index (χ3v) is 4.85. The molecular formula is C19H28BrN3O3. The van der Waals surface area contributed by atoms with Crippen LogP contribution in [0.4, 0.5) is 4.79 Å². The van der Waals surface area contributed by atoms with E-state index in [0.29, 0.717) is 30.5 Å². The van der Waals surface area contributed by atoms with Crippen LogP contribution in [0.15, 0.2) is 22.9 Å². The van der Waals surface area contributed by atoms with E-state index in [1.165, 1.54) is 0 Å². The molecule has 7 heteroatoms. The molecule has 0 atom stereocenters. The third kappa shape index (κ3) is 7.32. The van der Waals surface area contributed by atoms with Gasteiger partial charge >= 0.3 is 6.09 Å². The largest absolute Gasteiger partial charge is 0.444 e. The molecule has 1 aromatic heterocycles. The van der Waals surface area contributed by atoms with Crippen molar-refractivity contribution >= 4 is 27.9 Å². The van der Waals surface area contributed by atoms with E-state index in [1.807, 2.05) is 20.8 Å². The van der Waals surface area contributed by atoms with Crippen LogP contribution in [0.5, 0.6) is 0 Å². The molecule has 26 heavy (non-hydrogen) atoms. The highest BCUT2D eigenvalue weighted by Crippen LogP contribution is 2.28. The van der Waals surface area contributed by atoms with Gasteiger partial charge in [-0.05, 0) is 80.3 Å². The fourth-order valence-corrected chi connectivity index (χ4v) is 3.42. The topological polar surface area (TPSA) is 80.3 Å². The lowest BCUT2D eigenvalue weighted by Gasteiger charge is -2.29. The molecule has 2 rings (SSSR count). The maximum atomic E-state index is 12.2. The Morgan fingerprint density at radius 3 is 2.23 bits per heavy atom. The first-order valence-corrected chi connectivity index (χ1v) is 9.88. The van der Waals surface area contributed by atoms with Gasteiger partial charge in [0.15, 0.2) is 0 Å². The molecule has 0 aromatic carbocycles. The Bertz CT molecular complexity index is 623. The molecule has 1 aromatic rings. The molecule has 1 aliphatic carbocycles. The average molecular weight is 426 g/mol. The van der Waals surface area contributed by atoms with Gasteiger partial charge in [0.25, 0.3) is 5.91 Å². The summed E-state index contributed by atoms with van der Waals surface area (Å²) in [5.74, 6) is 0.869. The molecule has 144 valence electrons. The van der Waals surface area contributed by atoms with E-state index in [-0.39, 0.29) is 12.0 Å². The second-order valence-electron chi connectivity index (χ2n) is 7.87. The van der Waals surface area contributed by atoms with Crippen LogP contribution in [0.25, 0.3) is 0 Å². The Labute approximate surface area is 163 Å². The molecule has 6 nitrogen and oxygen atoms in total. The molecule has 2 N–H and O–H groups in total. The van der Waals surface area contributed by atoms with Crippen molar-refractivity contribution in [3.05, 3.63) is 28.5 Å². The number of rotatable bonds is 5. The van der Waals surface area contributed by atoms with Gasteiger partial charge in [-0.25, -0.2) is 4.79 Å². The molecule has 0 bridgehead atoms. The number of carbonyl (C=O) groups excluding carboxylic acids is 2. The van der Waals surface area contributed by atoms with Crippen molar-refractivity contribution in [2.75, 3.05) is 13.1 Å². The first kappa shape index (κ1) is 20.7. The lowest BCUT2D eigenvalue weighted by atomic mass is 9.82. The van der Waals surface area contributed by atoms with Crippen molar-refractivity contribution in [3.63, 3.8) is 0 Å². The van der Waals surface area contributed by atoms with E-state index in [0.717, 1.165) is 30.2 Å². The number of ether oxygens (including phenoxy) is 1. The summed E-state index contributed by atoms with van der Waals surface area (Å²) in [4.78, 5) is 27.9. The van der Waals surface area contributed by atoms with Crippen LogP contribution in [0, 0.1) is 11.8 Å². The Balaban J connectivity index is 1.65. The van der Waals surface area contributed by atoms with Crippen LogP contribution in [0.2, 0.25) is 0 Å². The number of carbonyl (C=O) groups is 2. The number of alkyl carbamates (subject to hydrolysis) is 1. The van der Waals surface area contributed by atoms with Gasteiger partial charge in [-0.15, -0.1) is 0 Å². The van der Waals surface area contributed by atoms with Crippen LogP contribution >= 0.6 is 15.9 Å². The standard InChI is InChI=1S/C19H28BrN3O3/c1-19(2,3)26-18(25)23-10-14-6-4-13(5-7-14)9-22-17(24)15-8-16(20)12-21-11-15/h8,11-14H,4-7,9-10H2,1-3H3,(H,22,24)(H,23,25)/t13-,14-. The third-order valence-electron chi connectivity index (χ3n) is 4.42. The normalized spacial score (nSPS) is 20.3. The van der Waals surface area contributed by atoms with Gasteiger partial charge in [-0.2, -0.15) is 0 Å². The molecule has 1 fully saturated rings. The van der Waals surface area contributed by atoms with Crippen LogP contribution in [0.1, 0.15) is 56.8 Å². The second-order valence-corrected chi connectivity index (χ2v) is 8.79. The smallest absolute Gasteiger partial charge is 0.407 e. The number of nitrogens with one attached hydrogen (secondary N) is 2. The minimum atomic E-state index is -0.468. The second kappa shape index (κ2) is 9.35. The number of amides is 2. The quantitative estimate of drug-likeness (QED) is 0.749. The summed E-state index contributed by atoms with van der Waals surface area (Å²) in [6.07, 6.45) is 7.08. The molecule has 2 amide bonds. The van der Waals surface area contributed by atoms with Gasteiger partial charge in [-0.3, -0.25) is 9.78 Å². The number of aromatic nitrogens is 1. The summed E-state index contributed by atoms with van der Waals surface area (Å²) in [5, 5.41) is 5.86. The highest BCUT2D eigenvalue weighted by molar-refractivity contribution is 9.10. The average Bonchev–Trinajstić information content (AvgIpc) is 2.57. The molecule has 0 saturated heterocycles. The maximum Gasteiger partial charge on any atom is 0.407 e. The van der Waals surface area contributed by atoms with E-state index in [1.54, 1.807) is 18.5 Å². The number of hydrogen-bond donors (Lipinski definition) is 2. The molecule has 1 aliphatic rings. The number of pyridine rings is 1. The van der Waals surface area contributed by atoms with E-state index in [9.17, 15) is 9.59 Å². The summed E-state index contributed by atoms with van der Waals surface area (Å²) >= 11 is 3.32. The zero-order valence-electron chi connectivity index (χ0n) is 15.7. The Hall–Kier alpha value is -1.63. The predicted molar refractivity (Wildman–Crippen MR) is 104 cm³/mol. The van der Waals surface area contributed by atoms with Crippen molar-refractivity contribution in [3.8, 4) is 0 Å². The SMILES string of the molecule is CC(C)(C)OC(=O)NC[C@H]1CC[C@H](CNC(=O)c2cncc(Br)c2)CC1. The highest BCUT2D eigenvalue weighted by atomic mass is 79.9. The Morgan fingerprint density at radius 2 is 1.69 bits per heavy atom. The van der Waals surface area contributed by atoms with Crippen LogP contribution in [-0.2, 0) is 4.74 Å². The first-order valence-electron chi connectivity index (χ1n) is 9.08. The lowest BCUT2D eigenvalue weighted by Crippen LogP contribution is -2.37. The van der Waals surface area contributed by atoms with Crippen LogP contribution in [0.3, 0.4) is 0 Å². The number of halogens is 1. The summed E-state index contributed by atoms with van der Waals surface area (Å²) in [7, 11) is 0. The molecule has 1 heterocycles. The number of hydrogen-bond acceptors (Lipinski definition) is 4. The van der Waals surface area contributed by atoms with E-state index >= 15 is 0 Å². The van der Waals surface area contributed by atoms with E-state index < -0.39 is 5.60 Å². The monoisotopic (exact) mass is 425 g/mol. The summed E-state index contributed by atoms with van der Waals surface area (Å²) in [5.41, 5.74) is 0.0960. The van der Waals surface area contributed by atoms with Crippen molar-refractivity contribution < 1.29 is 14.3 Å². The maximum absolute atomic E-state index is 12.2. The zero-order valence-corrected chi connectivity index (χ0v) is 17.3. The molecular weight excluding hydrogens is 398 g/mol. The summed E-state index contributed by atoms with van der Waals surface area (Å²) in [6, 6.07) is 1.77. The molecule has 0 radical (unpaired) electrons. The van der Waals surface area contributed by atoms with Crippen LogP contribution < -0.4 is 10.6 Å². The Kier molecular flexibility index (Phi) is 7.43. The fraction of sp³-hybridized carbons (Fsp3) is 0.632. The van der Waals surface area contributed by atoms with Crippen LogP contribution in [-0.4, -0.2) is 35.7 Å². The summed E-state index contributed by atoms with van der Waals surface area (Å²) < 4.78 is 6.05. The Morgan fingerprint density at radius 1 is 1.12 bits per heavy atom. The minimum absolute atomic E-state index is 0.0903. The van der Waals surface area contributed by atoms with Gasteiger partial charge in [-0.1, -0.05) is 0 Å². The minimum Gasteiger partial charge on any atom is -0.444 e. The molecule has 0 spiro atoms. The van der Waals surface area contributed by atoms with E-state index in [4.69, 9.17) is 4.74 Å². The predicted octanol–water partition coefficient (Wildman–Crippen LogP) is 3.91. The zero-order chi connectivity index (χ0) is 19.2. The lowest BCUT2D eigenvalue weighted by molar-refractivity contribution is 0.0512. The first-order chi connectivity index (χ1) is 12.2. The van der Waals surface area contributed by atoms with Crippen molar-refractivity contribution in [1.29, 1.82) is 0 Å². The highest BCUT2D eigenvalue weighted by Gasteiger charge is 2.23. The van der Waals surface area contributed by atoms with Crippen molar-refractivity contribution in [2.24, 2.45) is 11.8 Å². The fourth-order valence-electron chi connectivity index (χ4n) is 3.06. The van der Waals surface area contributed by atoms with E-state index in [2.05, 4.69) is 31.5 Å². The van der Waals surface area contributed by atoms with Gasteiger partial charge in [0.1, 0.15) is 5.60 Å². The van der Waals surface area contributed by atoms with Gasteiger partial charge < -0.3 is 15.4 Å². The van der Waals surface area contributed by atoms with Crippen molar-refractivity contribution in [2.45, 2.75) is 52.1 Å². The molecule has 0 aliphatic heterocycles. The number of nitrogens with zero attached hydrogens (tertiary/aromatic N) is 1. The van der Waals surface area contributed by atoms with Gasteiger partial charge in [0, 0.05) is 30.0 Å². The van der Waals surface area contributed by atoms with Gasteiger partial charge in [0.05, 0.1) is 5.56 Å². The van der Waals surface area contributed by atoms with Crippen molar-refractivity contribution in [1.82, 2.24) is 15.6 Å². The summed E-state index contributed by atoms with van der Waals surface area (Å²) in [6.45, 7) is 6.90. The molecule has 1 saturated carbocycles.